The lowest BCUT2D eigenvalue weighted by Crippen LogP contribution is -2.54. The lowest BCUT2D eigenvalue weighted by atomic mass is 10.0. The molecule has 2 atom stereocenters. The minimum atomic E-state index is -4.01. The zero-order valence-electron chi connectivity index (χ0n) is 22.5. The van der Waals surface area contributed by atoms with E-state index in [1.807, 2.05) is 44.2 Å². The first-order valence-electron chi connectivity index (χ1n) is 12.7. The summed E-state index contributed by atoms with van der Waals surface area (Å²) in [6.07, 6.45) is 1.79. The van der Waals surface area contributed by atoms with Crippen LogP contribution in [0.25, 0.3) is 0 Å². The molecule has 0 saturated heterocycles. The molecule has 0 heterocycles. The summed E-state index contributed by atoms with van der Waals surface area (Å²) in [5.41, 5.74) is 1.42. The molecule has 0 radical (unpaired) electrons. The van der Waals surface area contributed by atoms with E-state index in [4.69, 9.17) is 23.2 Å². The SMILES string of the molecule is CC[C@@H](C)NC(=O)[C@H](Cc1ccccc1)N(Cc1ccccc1Cl)C(=O)CN(c1ccc(F)c(Cl)c1)S(C)(=O)=O. The second kappa shape index (κ2) is 14.0. The number of carbonyl (C=O) groups excluding carboxylic acids is 2. The Bertz CT molecular complexity index is 1440. The highest BCUT2D eigenvalue weighted by atomic mass is 35.5. The van der Waals surface area contributed by atoms with Crippen molar-refractivity contribution in [3.05, 3.63) is 99.8 Å². The molecule has 0 unspecified atom stereocenters. The second-order valence-electron chi connectivity index (χ2n) is 9.50. The summed E-state index contributed by atoms with van der Waals surface area (Å²) >= 11 is 12.4. The highest BCUT2D eigenvalue weighted by molar-refractivity contribution is 7.92. The van der Waals surface area contributed by atoms with Gasteiger partial charge in [0.15, 0.2) is 0 Å². The van der Waals surface area contributed by atoms with E-state index >= 15 is 0 Å². The first kappa shape index (κ1) is 31.4. The second-order valence-corrected chi connectivity index (χ2v) is 12.2. The number of anilines is 1. The Morgan fingerprint density at radius 2 is 1.62 bits per heavy atom. The Kier molecular flexibility index (Phi) is 11.0. The van der Waals surface area contributed by atoms with Gasteiger partial charge in [0.2, 0.25) is 21.8 Å². The van der Waals surface area contributed by atoms with E-state index in [1.54, 1.807) is 24.3 Å². The highest BCUT2D eigenvalue weighted by Gasteiger charge is 2.33. The van der Waals surface area contributed by atoms with Gasteiger partial charge in [0.25, 0.3) is 0 Å². The molecule has 3 aromatic carbocycles. The van der Waals surface area contributed by atoms with Crippen molar-refractivity contribution in [1.82, 2.24) is 10.2 Å². The molecule has 214 valence electrons. The summed E-state index contributed by atoms with van der Waals surface area (Å²) in [5.74, 6) is -1.75. The monoisotopic (exact) mass is 607 g/mol. The maximum Gasteiger partial charge on any atom is 0.244 e. The molecule has 1 N–H and O–H groups in total. The maximum atomic E-state index is 14.0. The Hall–Kier alpha value is -3.14. The molecule has 0 aliphatic heterocycles. The Balaban J connectivity index is 2.08. The van der Waals surface area contributed by atoms with Crippen LogP contribution in [-0.4, -0.2) is 50.0 Å². The molecule has 7 nitrogen and oxygen atoms in total. The molecule has 0 bridgehead atoms. The predicted molar refractivity (Wildman–Crippen MR) is 157 cm³/mol. The van der Waals surface area contributed by atoms with Crippen LogP contribution in [0.1, 0.15) is 31.4 Å². The predicted octanol–water partition coefficient (Wildman–Crippen LogP) is 5.45. The molecule has 0 aromatic heterocycles. The summed E-state index contributed by atoms with van der Waals surface area (Å²) in [6, 6.07) is 18.4. The first-order valence-corrected chi connectivity index (χ1v) is 15.3. The number of benzene rings is 3. The van der Waals surface area contributed by atoms with E-state index in [0.717, 1.165) is 28.3 Å². The lowest BCUT2D eigenvalue weighted by Gasteiger charge is -2.34. The van der Waals surface area contributed by atoms with Gasteiger partial charge in [-0.15, -0.1) is 0 Å². The molecule has 3 aromatic rings. The first-order chi connectivity index (χ1) is 18.9. The van der Waals surface area contributed by atoms with Crippen molar-refractivity contribution >= 4 is 50.7 Å². The molecule has 11 heteroatoms. The molecular formula is C29H32Cl2FN3O4S. The number of carbonyl (C=O) groups is 2. The van der Waals surface area contributed by atoms with Crippen molar-refractivity contribution in [3.63, 3.8) is 0 Å². The summed E-state index contributed by atoms with van der Waals surface area (Å²) in [7, 11) is -4.01. The van der Waals surface area contributed by atoms with Gasteiger partial charge in [-0.1, -0.05) is 78.7 Å². The number of hydrogen-bond donors (Lipinski definition) is 1. The van der Waals surface area contributed by atoms with Gasteiger partial charge in [-0.2, -0.15) is 0 Å². The highest BCUT2D eigenvalue weighted by Crippen LogP contribution is 2.26. The van der Waals surface area contributed by atoms with Gasteiger partial charge >= 0.3 is 0 Å². The lowest BCUT2D eigenvalue weighted by molar-refractivity contribution is -0.140. The average Bonchev–Trinajstić information content (AvgIpc) is 2.91. The van der Waals surface area contributed by atoms with Crippen LogP contribution in [0.3, 0.4) is 0 Å². The Morgan fingerprint density at radius 1 is 0.975 bits per heavy atom. The van der Waals surface area contributed by atoms with Crippen LogP contribution in [0.15, 0.2) is 72.8 Å². The number of hydrogen-bond acceptors (Lipinski definition) is 4. The summed E-state index contributed by atoms with van der Waals surface area (Å²) in [4.78, 5) is 29.0. The van der Waals surface area contributed by atoms with Gasteiger partial charge in [-0.25, -0.2) is 12.8 Å². The van der Waals surface area contributed by atoms with Crippen molar-refractivity contribution in [2.24, 2.45) is 0 Å². The fourth-order valence-electron chi connectivity index (χ4n) is 4.06. The van der Waals surface area contributed by atoms with Crippen LogP contribution in [0, 0.1) is 5.82 Å². The minimum Gasteiger partial charge on any atom is -0.352 e. The number of amides is 2. The van der Waals surface area contributed by atoms with Gasteiger partial charge in [0, 0.05) is 24.0 Å². The number of sulfonamides is 1. The molecule has 0 saturated carbocycles. The topological polar surface area (TPSA) is 86.8 Å². The van der Waals surface area contributed by atoms with Crippen LogP contribution in [0.5, 0.6) is 0 Å². The van der Waals surface area contributed by atoms with Gasteiger partial charge < -0.3 is 10.2 Å². The number of halogens is 3. The zero-order valence-corrected chi connectivity index (χ0v) is 24.8. The van der Waals surface area contributed by atoms with Gasteiger partial charge in [0.05, 0.1) is 17.0 Å². The van der Waals surface area contributed by atoms with E-state index in [-0.39, 0.29) is 35.6 Å². The Labute approximate surface area is 244 Å². The fraction of sp³-hybridized carbons (Fsp3) is 0.310. The summed E-state index contributed by atoms with van der Waals surface area (Å²) in [5, 5.41) is 3.06. The van der Waals surface area contributed by atoms with E-state index in [0.29, 0.717) is 17.0 Å². The van der Waals surface area contributed by atoms with Crippen molar-refractivity contribution in [2.75, 3.05) is 17.1 Å². The molecule has 2 amide bonds. The largest absolute Gasteiger partial charge is 0.352 e. The third-order valence-corrected chi connectivity index (χ3v) is 8.24. The standard InChI is InChI=1S/C29H32Cl2FN3O4S/c1-4-20(2)33-29(37)27(16-21-10-6-5-7-11-21)34(18-22-12-8-9-13-24(22)30)28(36)19-35(40(3,38)39)23-14-15-26(32)25(31)17-23/h5-15,17,20,27H,4,16,18-19H2,1-3H3,(H,33,37)/t20-,27+/m1/s1. The summed E-state index contributed by atoms with van der Waals surface area (Å²) < 4.78 is 40.3. The fourth-order valence-corrected chi connectivity index (χ4v) is 5.27. The van der Waals surface area contributed by atoms with E-state index in [9.17, 15) is 22.4 Å². The normalized spacial score (nSPS) is 12.8. The number of rotatable bonds is 12. The van der Waals surface area contributed by atoms with E-state index in [2.05, 4.69) is 5.32 Å². The van der Waals surface area contributed by atoms with Crippen LogP contribution in [-0.2, 0) is 32.6 Å². The molecule has 0 fully saturated rings. The Morgan fingerprint density at radius 3 is 2.23 bits per heavy atom. The van der Waals surface area contributed by atoms with Crippen molar-refractivity contribution < 1.29 is 22.4 Å². The smallest absolute Gasteiger partial charge is 0.244 e. The molecular weight excluding hydrogens is 576 g/mol. The van der Waals surface area contributed by atoms with Crippen LogP contribution < -0.4 is 9.62 Å². The number of nitrogens with zero attached hydrogens (tertiary/aromatic N) is 2. The van der Waals surface area contributed by atoms with E-state index < -0.39 is 34.3 Å². The van der Waals surface area contributed by atoms with E-state index in [1.165, 1.54) is 11.0 Å². The molecule has 0 aliphatic rings. The van der Waals surface area contributed by atoms with Gasteiger partial charge in [-0.05, 0) is 48.7 Å². The average molecular weight is 609 g/mol. The van der Waals surface area contributed by atoms with Crippen molar-refractivity contribution in [3.8, 4) is 0 Å². The molecule has 40 heavy (non-hydrogen) atoms. The van der Waals surface area contributed by atoms with Crippen molar-refractivity contribution in [2.45, 2.75) is 45.3 Å². The quantitative estimate of drug-likeness (QED) is 0.296. The minimum absolute atomic E-state index is 0.0172. The van der Waals surface area contributed by atoms with Gasteiger partial charge in [0.1, 0.15) is 18.4 Å². The third-order valence-electron chi connectivity index (χ3n) is 6.44. The van der Waals surface area contributed by atoms with Crippen LogP contribution >= 0.6 is 23.2 Å². The molecule has 0 spiro atoms. The number of nitrogens with one attached hydrogen (secondary N) is 1. The molecule has 0 aliphatic carbocycles. The van der Waals surface area contributed by atoms with Crippen LogP contribution in [0.2, 0.25) is 10.0 Å². The summed E-state index contributed by atoms with van der Waals surface area (Å²) in [6.45, 7) is 3.10. The van der Waals surface area contributed by atoms with Crippen molar-refractivity contribution in [1.29, 1.82) is 0 Å². The van der Waals surface area contributed by atoms with Crippen LogP contribution in [0.4, 0.5) is 10.1 Å². The molecule has 3 rings (SSSR count). The third kappa shape index (κ3) is 8.43. The van der Waals surface area contributed by atoms with Gasteiger partial charge in [-0.3, -0.25) is 13.9 Å². The zero-order chi connectivity index (χ0) is 29.4. The maximum absolute atomic E-state index is 14.0.